The maximum Gasteiger partial charge on any atom is 0.0312 e. The van der Waals surface area contributed by atoms with Gasteiger partial charge in [0, 0.05) is 32.0 Å². The van der Waals surface area contributed by atoms with Gasteiger partial charge in [-0.05, 0) is 37.2 Å². The Balaban J connectivity index is 2.25. The number of hydrogen-bond acceptors (Lipinski definition) is 3. The minimum absolute atomic E-state index is 0.908. The molecule has 1 heterocycles. The lowest BCUT2D eigenvalue weighted by atomic mass is 10.2. The zero-order chi connectivity index (χ0) is 12.5. The first-order chi connectivity index (χ1) is 8.22. The van der Waals surface area contributed by atoms with Gasteiger partial charge in [0.25, 0.3) is 0 Å². The van der Waals surface area contributed by atoms with Gasteiger partial charge < -0.3 is 5.32 Å². The number of pyridine rings is 1. The standard InChI is InChI=1S/C14H23N3/c1-4-7-15-9-13(2)11-17(3)12-14-6-5-8-16-10-14/h5-6,8,10,15H,2,4,7,9,11-12H2,1,3H3. The van der Waals surface area contributed by atoms with Crippen molar-refractivity contribution in [3.63, 3.8) is 0 Å². The van der Waals surface area contributed by atoms with Gasteiger partial charge >= 0.3 is 0 Å². The van der Waals surface area contributed by atoms with Crippen LogP contribution in [-0.4, -0.2) is 36.6 Å². The highest BCUT2D eigenvalue weighted by atomic mass is 15.1. The second kappa shape index (κ2) is 7.98. The Morgan fingerprint density at radius 1 is 1.53 bits per heavy atom. The smallest absolute Gasteiger partial charge is 0.0312 e. The van der Waals surface area contributed by atoms with E-state index in [2.05, 4.69) is 41.8 Å². The summed E-state index contributed by atoms with van der Waals surface area (Å²) in [5, 5.41) is 3.37. The molecule has 0 unspecified atom stereocenters. The molecular formula is C14H23N3. The summed E-state index contributed by atoms with van der Waals surface area (Å²) in [6.07, 6.45) is 4.88. The molecule has 0 fully saturated rings. The van der Waals surface area contributed by atoms with E-state index in [1.807, 2.05) is 12.3 Å². The Kier molecular flexibility index (Phi) is 6.51. The number of nitrogens with zero attached hydrogens (tertiary/aromatic N) is 2. The summed E-state index contributed by atoms with van der Waals surface area (Å²) in [6.45, 7) is 10.1. The monoisotopic (exact) mass is 233 g/mol. The quantitative estimate of drug-likeness (QED) is 0.550. The highest BCUT2D eigenvalue weighted by Gasteiger charge is 2.02. The van der Waals surface area contributed by atoms with Crippen LogP contribution in [0.4, 0.5) is 0 Å². The summed E-state index contributed by atoms with van der Waals surface area (Å²) < 4.78 is 0. The van der Waals surface area contributed by atoms with Crippen LogP contribution < -0.4 is 5.32 Å². The van der Waals surface area contributed by atoms with Gasteiger partial charge in [-0.25, -0.2) is 0 Å². The largest absolute Gasteiger partial charge is 0.313 e. The fourth-order valence-corrected chi connectivity index (χ4v) is 1.74. The maximum absolute atomic E-state index is 4.12. The average molecular weight is 233 g/mol. The molecule has 0 aliphatic carbocycles. The molecule has 1 N–H and O–H groups in total. The van der Waals surface area contributed by atoms with Crippen molar-refractivity contribution in [1.82, 2.24) is 15.2 Å². The third-order valence-corrected chi connectivity index (χ3v) is 2.47. The van der Waals surface area contributed by atoms with Crippen molar-refractivity contribution < 1.29 is 0 Å². The van der Waals surface area contributed by atoms with Crippen molar-refractivity contribution in [2.45, 2.75) is 19.9 Å². The normalized spacial score (nSPS) is 10.8. The lowest BCUT2D eigenvalue weighted by Crippen LogP contribution is -2.26. The molecule has 17 heavy (non-hydrogen) atoms. The predicted octanol–water partition coefficient (Wildman–Crippen LogP) is 2.07. The van der Waals surface area contributed by atoms with E-state index in [1.54, 1.807) is 6.20 Å². The average Bonchev–Trinajstić information content (AvgIpc) is 2.30. The van der Waals surface area contributed by atoms with Crippen LogP contribution in [0.3, 0.4) is 0 Å². The molecule has 0 aromatic carbocycles. The van der Waals surface area contributed by atoms with Crippen LogP contribution in [0.1, 0.15) is 18.9 Å². The molecule has 1 rings (SSSR count). The first kappa shape index (κ1) is 13.9. The molecule has 0 spiro atoms. The van der Waals surface area contributed by atoms with Gasteiger partial charge in [-0.1, -0.05) is 19.6 Å². The highest BCUT2D eigenvalue weighted by Crippen LogP contribution is 2.02. The topological polar surface area (TPSA) is 28.2 Å². The Morgan fingerprint density at radius 2 is 2.35 bits per heavy atom. The zero-order valence-electron chi connectivity index (χ0n) is 10.9. The highest BCUT2D eigenvalue weighted by molar-refractivity contribution is 5.09. The summed E-state index contributed by atoms with van der Waals surface area (Å²) in [5.74, 6) is 0. The van der Waals surface area contributed by atoms with Gasteiger partial charge in [0.1, 0.15) is 0 Å². The number of aromatic nitrogens is 1. The van der Waals surface area contributed by atoms with Gasteiger partial charge in [-0.2, -0.15) is 0 Å². The van der Waals surface area contributed by atoms with Crippen LogP contribution in [0.5, 0.6) is 0 Å². The van der Waals surface area contributed by atoms with Gasteiger partial charge in [-0.3, -0.25) is 9.88 Å². The Labute approximate surface area is 105 Å². The fourth-order valence-electron chi connectivity index (χ4n) is 1.74. The maximum atomic E-state index is 4.12. The summed E-state index contributed by atoms with van der Waals surface area (Å²) in [6, 6.07) is 4.07. The molecule has 0 radical (unpaired) electrons. The van der Waals surface area contributed by atoms with Crippen LogP contribution in [0.15, 0.2) is 36.7 Å². The minimum atomic E-state index is 0.908. The Hall–Kier alpha value is -1.19. The SMILES string of the molecule is C=C(CNCCC)CN(C)Cc1cccnc1. The van der Waals surface area contributed by atoms with Crippen molar-refractivity contribution >= 4 is 0 Å². The van der Waals surface area contributed by atoms with E-state index in [9.17, 15) is 0 Å². The summed E-state index contributed by atoms with van der Waals surface area (Å²) in [7, 11) is 2.11. The molecule has 1 aromatic heterocycles. The molecule has 0 aliphatic heterocycles. The lowest BCUT2D eigenvalue weighted by molar-refractivity contribution is 0.351. The van der Waals surface area contributed by atoms with E-state index < -0.39 is 0 Å². The molecule has 0 aliphatic rings. The molecule has 0 atom stereocenters. The second-order valence-corrected chi connectivity index (χ2v) is 4.46. The lowest BCUT2D eigenvalue weighted by Gasteiger charge is -2.18. The first-order valence-corrected chi connectivity index (χ1v) is 6.17. The molecule has 0 bridgehead atoms. The van der Waals surface area contributed by atoms with E-state index >= 15 is 0 Å². The number of rotatable bonds is 8. The summed E-state index contributed by atoms with van der Waals surface area (Å²) >= 11 is 0. The van der Waals surface area contributed by atoms with Crippen LogP contribution in [0, 0.1) is 0 Å². The van der Waals surface area contributed by atoms with Crippen LogP contribution in [0.25, 0.3) is 0 Å². The number of hydrogen-bond donors (Lipinski definition) is 1. The van der Waals surface area contributed by atoms with Crippen molar-refractivity contribution in [3.05, 3.63) is 42.2 Å². The van der Waals surface area contributed by atoms with Crippen LogP contribution in [-0.2, 0) is 6.54 Å². The van der Waals surface area contributed by atoms with Gasteiger partial charge in [0.05, 0.1) is 0 Å². The van der Waals surface area contributed by atoms with E-state index in [-0.39, 0.29) is 0 Å². The van der Waals surface area contributed by atoms with Crippen LogP contribution in [0.2, 0.25) is 0 Å². The van der Waals surface area contributed by atoms with Gasteiger partial charge in [0.15, 0.2) is 0 Å². The van der Waals surface area contributed by atoms with E-state index in [4.69, 9.17) is 0 Å². The Morgan fingerprint density at radius 3 is 3.00 bits per heavy atom. The Bertz CT molecular complexity index is 321. The third-order valence-electron chi connectivity index (χ3n) is 2.47. The molecule has 0 saturated heterocycles. The zero-order valence-corrected chi connectivity index (χ0v) is 10.9. The van der Waals surface area contributed by atoms with Crippen molar-refractivity contribution in [2.24, 2.45) is 0 Å². The molecule has 3 heteroatoms. The fraction of sp³-hybridized carbons (Fsp3) is 0.500. The molecule has 1 aromatic rings. The van der Waals surface area contributed by atoms with Gasteiger partial charge in [0.2, 0.25) is 0 Å². The van der Waals surface area contributed by atoms with Gasteiger partial charge in [-0.15, -0.1) is 0 Å². The predicted molar refractivity (Wildman–Crippen MR) is 72.9 cm³/mol. The van der Waals surface area contributed by atoms with Crippen molar-refractivity contribution in [3.8, 4) is 0 Å². The second-order valence-electron chi connectivity index (χ2n) is 4.46. The molecule has 0 saturated carbocycles. The summed E-state index contributed by atoms with van der Waals surface area (Å²) in [5.41, 5.74) is 2.47. The number of nitrogens with one attached hydrogen (secondary N) is 1. The van der Waals surface area contributed by atoms with Crippen LogP contribution >= 0.6 is 0 Å². The van der Waals surface area contributed by atoms with E-state index in [1.165, 1.54) is 17.6 Å². The molecule has 94 valence electrons. The van der Waals surface area contributed by atoms with Crippen molar-refractivity contribution in [1.29, 1.82) is 0 Å². The van der Waals surface area contributed by atoms with E-state index in [0.29, 0.717) is 0 Å². The molecule has 3 nitrogen and oxygen atoms in total. The third kappa shape index (κ3) is 6.19. The minimum Gasteiger partial charge on any atom is -0.313 e. The first-order valence-electron chi connectivity index (χ1n) is 6.17. The van der Waals surface area contributed by atoms with E-state index in [0.717, 1.165) is 26.2 Å². The molecule has 0 amide bonds. The van der Waals surface area contributed by atoms with Crippen molar-refractivity contribution in [2.75, 3.05) is 26.7 Å². The number of likely N-dealkylation sites (N-methyl/N-ethyl adjacent to an activating group) is 1. The molecular weight excluding hydrogens is 210 g/mol. The summed E-state index contributed by atoms with van der Waals surface area (Å²) in [4.78, 5) is 6.37.